The predicted molar refractivity (Wildman–Crippen MR) is 108 cm³/mol. The van der Waals surface area contributed by atoms with Crippen molar-refractivity contribution in [2.75, 3.05) is 26.2 Å². The van der Waals surface area contributed by atoms with Gasteiger partial charge in [-0.2, -0.15) is 0 Å². The molecule has 1 heterocycles. The fourth-order valence-electron chi connectivity index (χ4n) is 3.12. The van der Waals surface area contributed by atoms with Crippen LogP contribution in [0.2, 0.25) is 5.02 Å². The molecule has 1 saturated heterocycles. The summed E-state index contributed by atoms with van der Waals surface area (Å²) >= 11 is 5.83. The number of carbonyl (C=O) groups is 2. The molecule has 1 aromatic rings. The number of benzene rings is 1. The van der Waals surface area contributed by atoms with Gasteiger partial charge in [0.25, 0.3) is 0 Å². The number of carbonyl (C=O) groups excluding carboxylic acids is 2. The van der Waals surface area contributed by atoms with E-state index < -0.39 is 10.0 Å². The molecule has 2 amide bonds. The van der Waals surface area contributed by atoms with Crippen molar-refractivity contribution in [3.8, 4) is 0 Å². The van der Waals surface area contributed by atoms with Crippen molar-refractivity contribution in [3.05, 3.63) is 29.3 Å². The highest BCUT2D eigenvalue weighted by atomic mass is 35.5. The molecule has 1 aliphatic heterocycles. The first-order valence-corrected chi connectivity index (χ1v) is 11.5. The molecule has 0 aliphatic carbocycles. The summed E-state index contributed by atoms with van der Waals surface area (Å²) in [6.45, 7) is 3.70. The number of sulfonamides is 1. The van der Waals surface area contributed by atoms with Crippen LogP contribution < -0.4 is 10.0 Å². The number of hydrogen-bond acceptors (Lipinski definition) is 4. The molecule has 1 aromatic carbocycles. The van der Waals surface area contributed by atoms with Crippen LogP contribution in [0.25, 0.3) is 0 Å². The number of rotatable bonds is 9. The second-order valence-electron chi connectivity index (χ2n) is 6.93. The van der Waals surface area contributed by atoms with Crippen molar-refractivity contribution in [1.29, 1.82) is 0 Å². The highest BCUT2D eigenvalue weighted by molar-refractivity contribution is 7.89. The topological polar surface area (TPSA) is 95.6 Å². The van der Waals surface area contributed by atoms with Gasteiger partial charge in [-0.3, -0.25) is 9.59 Å². The minimum absolute atomic E-state index is 0.00244. The Morgan fingerprint density at radius 1 is 1.29 bits per heavy atom. The van der Waals surface area contributed by atoms with Gasteiger partial charge in [0.2, 0.25) is 21.8 Å². The minimum atomic E-state index is -3.72. The molecule has 0 bridgehead atoms. The third-order valence-corrected chi connectivity index (χ3v) is 6.41. The van der Waals surface area contributed by atoms with E-state index in [0.717, 1.165) is 25.7 Å². The van der Waals surface area contributed by atoms with Crippen LogP contribution in [0, 0.1) is 5.92 Å². The molecule has 0 spiro atoms. The maximum absolute atomic E-state index is 12.4. The molecule has 1 fully saturated rings. The lowest BCUT2D eigenvalue weighted by Crippen LogP contribution is -2.46. The van der Waals surface area contributed by atoms with Gasteiger partial charge in [0.15, 0.2) is 0 Å². The monoisotopic (exact) mass is 429 g/mol. The third-order valence-electron chi connectivity index (χ3n) is 4.71. The van der Waals surface area contributed by atoms with Gasteiger partial charge >= 0.3 is 0 Å². The van der Waals surface area contributed by atoms with Crippen LogP contribution in [0.5, 0.6) is 0 Å². The summed E-state index contributed by atoms with van der Waals surface area (Å²) in [5.41, 5.74) is 0. The largest absolute Gasteiger partial charge is 0.356 e. The first-order chi connectivity index (χ1) is 13.3. The summed E-state index contributed by atoms with van der Waals surface area (Å²) in [5.74, 6) is -0.356. The van der Waals surface area contributed by atoms with E-state index in [0.29, 0.717) is 24.7 Å². The Kier molecular flexibility index (Phi) is 8.72. The van der Waals surface area contributed by atoms with Crippen LogP contribution in [-0.2, 0) is 19.6 Å². The fraction of sp³-hybridized carbons (Fsp3) is 0.579. The van der Waals surface area contributed by atoms with Gasteiger partial charge in [-0.25, -0.2) is 13.1 Å². The van der Waals surface area contributed by atoms with Crippen molar-refractivity contribution in [1.82, 2.24) is 14.9 Å². The number of piperidine rings is 1. The van der Waals surface area contributed by atoms with Gasteiger partial charge in [-0.1, -0.05) is 31.0 Å². The van der Waals surface area contributed by atoms with E-state index in [1.807, 2.05) is 0 Å². The van der Waals surface area contributed by atoms with Gasteiger partial charge in [-0.15, -0.1) is 0 Å². The van der Waals surface area contributed by atoms with Crippen molar-refractivity contribution >= 4 is 33.4 Å². The summed E-state index contributed by atoms with van der Waals surface area (Å²) < 4.78 is 26.9. The van der Waals surface area contributed by atoms with Crippen molar-refractivity contribution in [2.45, 2.75) is 43.9 Å². The van der Waals surface area contributed by atoms with E-state index >= 15 is 0 Å². The molecule has 7 nitrogen and oxygen atoms in total. The first-order valence-electron chi connectivity index (χ1n) is 9.64. The molecule has 1 aliphatic rings. The summed E-state index contributed by atoms with van der Waals surface area (Å²) in [6.07, 6.45) is 3.54. The molecule has 9 heteroatoms. The van der Waals surface area contributed by atoms with Gasteiger partial charge in [0, 0.05) is 37.6 Å². The Hall–Kier alpha value is -1.64. The van der Waals surface area contributed by atoms with Crippen molar-refractivity contribution < 1.29 is 18.0 Å². The number of nitrogens with one attached hydrogen (secondary N) is 2. The molecule has 0 saturated carbocycles. The Balaban J connectivity index is 1.81. The summed E-state index contributed by atoms with van der Waals surface area (Å²) in [5, 5.41) is 3.25. The van der Waals surface area contributed by atoms with Crippen LogP contribution in [0.4, 0.5) is 0 Å². The molecule has 1 atom stereocenters. The molecular weight excluding hydrogens is 402 g/mol. The lowest BCUT2D eigenvalue weighted by Gasteiger charge is -2.32. The second kappa shape index (κ2) is 10.8. The quantitative estimate of drug-likeness (QED) is 0.588. The molecule has 156 valence electrons. The lowest BCUT2D eigenvalue weighted by atomic mass is 9.97. The van der Waals surface area contributed by atoms with Gasteiger partial charge in [-0.05, 0) is 37.5 Å². The summed E-state index contributed by atoms with van der Waals surface area (Å²) in [6, 6.07) is 5.96. The smallest absolute Gasteiger partial charge is 0.240 e. The number of halogens is 1. The first kappa shape index (κ1) is 22.6. The minimum Gasteiger partial charge on any atom is -0.356 e. The summed E-state index contributed by atoms with van der Waals surface area (Å²) in [4.78, 5) is 26.4. The Bertz CT molecular complexity index is 785. The highest BCUT2D eigenvalue weighted by Crippen LogP contribution is 2.18. The maximum Gasteiger partial charge on any atom is 0.240 e. The molecule has 0 radical (unpaired) electrons. The summed E-state index contributed by atoms with van der Waals surface area (Å²) in [7, 11) is -3.72. The van der Waals surface area contributed by atoms with Crippen LogP contribution in [0.1, 0.15) is 39.0 Å². The average molecular weight is 430 g/mol. The maximum atomic E-state index is 12.4. The Morgan fingerprint density at radius 2 is 2.07 bits per heavy atom. The van der Waals surface area contributed by atoms with E-state index in [9.17, 15) is 18.0 Å². The van der Waals surface area contributed by atoms with Crippen LogP contribution in [0.15, 0.2) is 29.2 Å². The van der Waals surface area contributed by atoms with Crippen molar-refractivity contribution in [3.63, 3.8) is 0 Å². The number of likely N-dealkylation sites (tertiary alicyclic amines) is 1. The van der Waals surface area contributed by atoms with E-state index in [-0.39, 0.29) is 35.6 Å². The van der Waals surface area contributed by atoms with E-state index in [4.69, 9.17) is 11.6 Å². The Morgan fingerprint density at radius 3 is 2.79 bits per heavy atom. The number of hydrogen-bond donors (Lipinski definition) is 2. The lowest BCUT2D eigenvalue weighted by molar-refractivity contribution is -0.135. The van der Waals surface area contributed by atoms with Gasteiger partial charge in [0.05, 0.1) is 10.8 Å². The van der Waals surface area contributed by atoms with Crippen LogP contribution >= 0.6 is 11.6 Å². The number of unbranched alkanes of at least 4 members (excludes halogenated alkanes) is 1. The zero-order valence-electron chi connectivity index (χ0n) is 16.1. The SMILES string of the molecule is CCCCNC(=O)C1CCCN(C(=O)CCNS(=O)(=O)c2cccc(Cl)c2)C1. The highest BCUT2D eigenvalue weighted by Gasteiger charge is 2.28. The Labute approximate surface area is 171 Å². The van der Waals surface area contributed by atoms with Crippen LogP contribution in [0.3, 0.4) is 0 Å². The number of amides is 2. The molecule has 28 heavy (non-hydrogen) atoms. The zero-order chi connectivity index (χ0) is 20.6. The standard InChI is InChI=1S/C19H28ClN3O4S/c1-2-3-10-21-19(25)15-6-5-12-23(14-15)18(24)9-11-22-28(26,27)17-8-4-7-16(20)13-17/h4,7-8,13,15,22H,2-3,5-6,9-12,14H2,1H3,(H,21,25). The second-order valence-corrected chi connectivity index (χ2v) is 9.13. The van der Waals surface area contributed by atoms with Gasteiger partial charge in [0.1, 0.15) is 0 Å². The van der Waals surface area contributed by atoms with E-state index in [1.165, 1.54) is 12.1 Å². The van der Waals surface area contributed by atoms with E-state index in [1.54, 1.807) is 17.0 Å². The number of nitrogens with zero attached hydrogens (tertiary/aromatic N) is 1. The third kappa shape index (κ3) is 6.76. The molecule has 2 rings (SSSR count). The zero-order valence-corrected chi connectivity index (χ0v) is 17.7. The van der Waals surface area contributed by atoms with E-state index in [2.05, 4.69) is 17.0 Å². The molecule has 2 N–H and O–H groups in total. The normalized spacial score (nSPS) is 17.4. The van der Waals surface area contributed by atoms with Gasteiger partial charge < -0.3 is 10.2 Å². The molecule has 1 unspecified atom stereocenters. The van der Waals surface area contributed by atoms with Crippen molar-refractivity contribution in [2.24, 2.45) is 5.92 Å². The average Bonchev–Trinajstić information content (AvgIpc) is 2.68. The van der Waals surface area contributed by atoms with Crippen LogP contribution in [-0.4, -0.2) is 51.3 Å². The molecule has 0 aromatic heterocycles. The predicted octanol–water partition coefficient (Wildman–Crippen LogP) is 2.16. The molecular formula is C19H28ClN3O4S. The fourth-order valence-corrected chi connectivity index (χ4v) is 4.45.